The number of rotatable bonds is 3. The molecule has 2 rings (SSSR count). The van der Waals surface area contributed by atoms with E-state index in [1.54, 1.807) is 0 Å². The van der Waals surface area contributed by atoms with E-state index in [9.17, 15) is 4.79 Å². The zero-order valence-corrected chi connectivity index (χ0v) is 9.49. The Morgan fingerprint density at radius 1 is 1.20 bits per heavy atom. The lowest BCUT2D eigenvalue weighted by molar-refractivity contribution is -0.129. The quantitative estimate of drug-likeness (QED) is 0.734. The number of carbonyl (C=O) groups excluding carboxylic acids is 1. The highest BCUT2D eigenvalue weighted by atomic mass is 16.1. The first-order chi connectivity index (χ1) is 7.12. The van der Waals surface area contributed by atoms with Crippen LogP contribution >= 0.6 is 0 Å². The number of carbonyl (C=O) groups is 1. The van der Waals surface area contributed by atoms with Crippen molar-refractivity contribution in [1.29, 1.82) is 0 Å². The second-order valence-corrected chi connectivity index (χ2v) is 4.98. The predicted molar refractivity (Wildman–Crippen MR) is 61.8 cm³/mol. The molecule has 0 bridgehead atoms. The van der Waals surface area contributed by atoms with E-state index in [4.69, 9.17) is 0 Å². The van der Waals surface area contributed by atoms with Gasteiger partial charge in [-0.3, -0.25) is 4.79 Å². The maximum absolute atomic E-state index is 12.2. The van der Waals surface area contributed by atoms with Gasteiger partial charge in [-0.25, -0.2) is 0 Å². The summed E-state index contributed by atoms with van der Waals surface area (Å²) in [5.41, 5.74) is 0.828. The Morgan fingerprint density at radius 3 is 2.27 bits per heavy atom. The van der Waals surface area contributed by atoms with E-state index in [1.165, 1.54) is 6.42 Å². The van der Waals surface area contributed by atoms with Crippen molar-refractivity contribution in [2.45, 2.75) is 38.5 Å². The smallest absolute Gasteiger partial charge is 0.145 e. The lowest BCUT2D eigenvalue weighted by Crippen LogP contribution is -2.37. The minimum atomic E-state index is -0.313. The van der Waals surface area contributed by atoms with Crippen molar-refractivity contribution in [2.75, 3.05) is 0 Å². The molecule has 1 aromatic rings. The van der Waals surface area contributed by atoms with Gasteiger partial charge < -0.3 is 0 Å². The van der Waals surface area contributed by atoms with E-state index < -0.39 is 0 Å². The van der Waals surface area contributed by atoms with E-state index in [0.29, 0.717) is 11.7 Å². The Balaban J connectivity index is 2.22. The number of benzene rings is 1. The largest absolute Gasteiger partial charge is 0.298 e. The molecule has 15 heavy (non-hydrogen) atoms. The Hall–Kier alpha value is -1.11. The minimum Gasteiger partial charge on any atom is -0.298 e. The molecule has 0 N–H and O–H groups in total. The highest BCUT2D eigenvalue weighted by Gasteiger charge is 2.37. The van der Waals surface area contributed by atoms with Crippen LogP contribution in [0, 0.1) is 5.92 Å². The van der Waals surface area contributed by atoms with Crippen LogP contribution in [0.3, 0.4) is 0 Å². The number of Topliss-reactive ketones (excluding diaryl/α,β-unsaturated/α-hetero) is 1. The molecule has 0 saturated heterocycles. The molecule has 0 aromatic heterocycles. The maximum Gasteiger partial charge on any atom is 0.145 e. The standard InChI is InChI=1S/C14H18O/c1-14(2,12-9-4-3-5-10-12)13(15)11-7-6-8-11/h3-5,9-11H,6-8H2,1-2H3. The average Bonchev–Trinajstić information content (AvgIpc) is 2.16. The normalized spacial score (nSPS) is 17.2. The van der Waals surface area contributed by atoms with Gasteiger partial charge in [0, 0.05) is 11.3 Å². The van der Waals surface area contributed by atoms with Gasteiger partial charge in [0.2, 0.25) is 0 Å². The second kappa shape index (κ2) is 3.80. The molecule has 0 spiro atoms. The molecule has 0 radical (unpaired) electrons. The van der Waals surface area contributed by atoms with E-state index >= 15 is 0 Å². The fourth-order valence-corrected chi connectivity index (χ4v) is 2.18. The average molecular weight is 202 g/mol. The summed E-state index contributed by atoms with van der Waals surface area (Å²) in [5.74, 6) is 0.736. The summed E-state index contributed by atoms with van der Waals surface area (Å²) in [4.78, 5) is 12.2. The number of hydrogen-bond donors (Lipinski definition) is 0. The Labute approximate surface area is 91.5 Å². The van der Waals surface area contributed by atoms with Gasteiger partial charge in [-0.1, -0.05) is 36.8 Å². The van der Waals surface area contributed by atoms with Gasteiger partial charge in [0.1, 0.15) is 5.78 Å². The van der Waals surface area contributed by atoms with E-state index in [0.717, 1.165) is 18.4 Å². The van der Waals surface area contributed by atoms with Crippen molar-refractivity contribution in [1.82, 2.24) is 0 Å². The van der Waals surface area contributed by atoms with Crippen molar-refractivity contribution in [2.24, 2.45) is 5.92 Å². The molecule has 1 fully saturated rings. The monoisotopic (exact) mass is 202 g/mol. The maximum atomic E-state index is 12.2. The Bertz CT molecular complexity index is 347. The van der Waals surface area contributed by atoms with Crippen LogP contribution < -0.4 is 0 Å². The van der Waals surface area contributed by atoms with Crippen molar-refractivity contribution in [3.8, 4) is 0 Å². The molecule has 1 aliphatic rings. The van der Waals surface area contributed by atoms with Crippen LogP contribution in [0.15, 0.2) is 30.3 Å². The van der Waals surface area contributed by atoms with E-state index in [1.807, 2.05) is 32.0 Å². The molecule has 0 amide bonds. The predicted octanol–water partition coefficient (Wildman–Crippen LogP) is 3.33. The number of ketones is 1. The van der Waals surface area contributed by atoms with Gasteiger partial charge in [-0.05, 0) is 32.3 Å². The van der Waals surface area contributed by atoms with Crippen molar-refractivity contribution in [3.63, 3.8) is 0 Å². The van der Waals surface area contributed by atoms with Gasteiger partial charge in [-0.15, -0.1) is 0 Å². The summed E-state index contributed by atoms with van der Waals surface area (Å²) < 4.78 is 0. The fraction of sp³-hybridized carbons (Fsp3) is 0.500. The van der Waals surface area contributed by atoms with Gasteiger partial charge in [0.25, 0.3) is 0 Å². The SMILES string of the molecule is CC(C)(C(=O)C1CCC1)c1ccccc1. The minimum absolute atomic E-state index is 0.313. The Kier molecular flexibility index (Phi) is 2.64. The van der Waals surface area contributed by atoms with Crippen molar-refractivity contribution < 1.29 is 4.79 Å². The summed E-state index contributed by atoms with van der Waals surface area (Å²) in [6.45, 7) is 4.09. The molecule has 1 heteroatoms. The molecular weight excluding hydrogens is 184 g/mol. The molecule has 0 aliphatic heterocycles. The molecular formula is C14H18O. The molecule has 80 valence electrons. The van der Waals surface area contributed by atoms with Crippen LogP contribution in [-0.4, -0.2) is 5.78 Å². The van der Waals surface area contributed by atoms with E-state index in [2.05, 4.69) is 12.1 Å². The second-order valence-electron chi connectivity index (χ2n) is 4.98. The van der Waals surface area contributed by atoms with Crippen LogP contribution in [0.1, 0.15) is 38.7 Å². The number of hydrogen-bond acceptors (Lipinski definition) is 1. The fourth-order valence-electron chi connectivity index (χ4n) is 2.18. The van der Waals surface area contributed by atoms with Gasteiger partial charge in [0.15, 0.2) is 0 Å². The molecule has 0 unspecified atom stereocenters. The topological polar surface area (TPSA) is 17.1 Å². The van der Waals surface area contributed by atoms with Crippen molar-refractivity contribution in [3.05, 3.63) is 35.9 Å². The third kappa shape index (κ3) is 1.83. The van der Waals surface area contributed by atoms with Gasteiger partial charge >= 0.3 is 0 Å². The lowest BCUT2D eigenvalue weighted by Gasteiger charge is -2.33. The zero-order valence-electron chi connectivity index (χ0n) is 9.49. The summed E-state index contributed by atoms with van der Waals surface area (Å²) in [5, 5.41) is 0. The summed E-state index contributed by atoms with van der Waals surface area (Å²) >= 11 is 0. The summed E-state index contributed by atoms with van der Waals surface area (Å²) in [7, 11) is 0. The van der Waals surface area contributed by atoms with Crippen LogP contribution in [0.25, 0.3) is 0 Å². The molecule has 0 heterocycles. The van der Waals surface area contributed by atoms with Gasteiger partial charge in [-0.2, -0.15) is 0 Å². The summed E-state index contributed by atoms with van der Waals surface area (Å²) in [6, 6.07) is 10.1. The molecule has 0 atom stereocenters. The van der Waals surface area contributed by atoms with E-state index in [-0.39, 0.29) is 5.41 Å². The first kappa shape index (κ1) is 10.4. The Morgan fingerprint density at radius 2 is 1.80 bits per heavy atom. The van der Waals surface area contributed by atoms with Crippen LogP contribution in [0.5, 0.6) is 0 Å². The highest BCUT2D eigenvalue weighted by molar-refractivity contribution is 5.91. The third-order valence-corrected chi connectivity index (χ3v) is 3.59. The molecule has 1 aliphatic carbocycles. The van der Waals surface area contributed by atoms with Crippen LogP contribution in [0.4, 0.5) is 0 Å². The van der Waals surface area contributed by atoms with Crippen LogP contribution in [0.2, 0.25) is 0 Å². The third-order valence-electron chi connectivity index (χ3n) is 3.59. The first-order valence-corrected chi connectivity index (χ1v) is 5.72. The highest BCUT2D eigenvalue weighted by Crippen LogP contribution is 2.35. The first-order valence-electron chi connectivity index (χ1n) is 5.72. The molecule has 1 saturated carbocycles. The zero-order chi connectivity index (χ0) is 10.9. The molecule has 1 nitrogen and oxygen atoms in total. The lowest BCUT2D eigenvalue weighted by atomic mass is 9.69. The summed E-state index contributed by atoms with van der Waals surface area (Å²) in [6.07, 6.45) is 3.41. The van der Waals surface area contributed by atoms with Gasteiger partial charge in [0.05, 0.1) is 0 Å². The van der Waals surface area contributed by atoms with Crippen LogP contribution in [-0.2, 0) is 10.2 Å². The molecule has 1 aromatic carbocycles. The van der Waals surface area contributed by atoms with Crippen molar-refractivity contribution >= 4 is 5.78 Å².